The Labute approximate surface area is 130 Å². The normalized spacial score (nSPS) is 17.7. The third kappa shape index (κ3) is 4.44. The second-order valence-corrected chi connectivity index (χ2v) is 6.20. The summed E-state index contributed by atoms with van der Waals surface area (Å²) in [6.45, 7) is 8.78. The number of hydrogen-bond donors (Lipinski definition) is 1. The zero-order valence-corrected chi connectivity index (χ0v) is 13.9. The van der Waals surface area contributed by atoms with Crippen molar-refractivity contribution >= 4 is 5.82 Å². The Kier molecular flexibility index (Phi) is 6.50. The molecule has 0 saturated heterocycles. The summed E-state index contributed by atoms with van der Waals surface area (Å²) in [4.78, 5) is 7.23. The molecule has 0 amide bonds. The van der Waals surface area contributed by atoms with Crippen LogP contribution in [0.15, 0.2) is 18.3 Å². The number of nitrogens with one attached hydrogen (secondary N) is 1. The van der Waals surface area contributed by atoms with Crippen LogP contribution in [0.1, 0.15) is 70.9 Å². The molecule has 1 N–H and O–H groups in total. The highest BCUT2D eigenvalue weighted by molar-refractivity contribution is 5.41. The molecule has 1 fully saturated rings. The molecule has 118 valence electrons. The summed E-state index contributed by atoms with van der Waals surface area (Å²) < 4.78 is 0. The van der Waals surface area contributed by atoms with Gasteiger partial charge in [0.15, 0.2) is 0 Å². The van der Waals surface area contributed by atoms with E-state index in [0.717, 1.165) is 18.9 Å². The van der Waals surface area contributed by atoms with Crippen LogP contribution in [0.4, 0.5) is 5.82 Å². The highest BCUT2D eigenvalue weighted by atomic mass is 15.2. The summed E-state index contributed by atoms with van der Waals surface area (Å²) in [6.07, 6.45) is 10.0. The van der Waals surface area contributed by atoms with E-state index in [1.807, 2.05) is 6.20 Å². The molecule has 1 unspecified atom stereocenters. The predicted octanol–water partition coefficient (Wildman–Crippen LogP) is 4.30. The van der Waals surface area contributed by atoms with Gasteiger partial charge in [0.1, 0.15) is 5.82 Å². The Hall–Kier alpha value is -1.09. The SMILES string of the molecule is CCCNC(C)c1ccc(N(CC)C2CCCCC2)nc1. The Balaban J connectivity index is 2.02. The van der Waals surface area contributed by atoms with Gasteiger partial charge in [0.2, 0.25) is 0 Å². The molecular formula is C18H31N3. The van der Waals surface area contributed by atoms with E-state index in [-0.39, 0.29) is 0 Å². The second-order valence-electron chi connectivity index (χ2n) is 6.20. The maximum absolute atomic E-state index is 4.74. The second kappa shape index (κ2) is 8.38. The lowest BCUT2D eigenvalue weighted by Crippen LogP contribution is -2.37. The van der Waals surface area contributed by atoms with Crippen molar-refractivity contribution in [3.8, 4) is 0 Å². The quantitative estimate of drug-likeness (QED) is 0.811. The average molecular weight is 289 g/mol. The Morgan fingerprint density at radius 3 is 2.57 bits per heavy atom. The van der Waals surface area contributed by atoms with Crippen LogP contribution in [0.3, 0.4) is 0 Å². The number of hydrogen-bond acceptors (Lipinski definition) is 3. The molecule has 0 radical (unpaired) electrons. The molecule has 1 atom stereocenters. The van der Waals surface area contributed by atoms with Crippen molar-refractivity contribution in [2.75, 3.05) is 18.0 Å². The monoisotopic (exact) mass is 289 g/mol. The Morgan fingerprint density at radius 1 is 1.24 bits per heavy atom. The summed E-state index contributed by atoms with van der Waals surface area (Å²) in [5.74, 6) is 1.15. The van der Waals surface area contributed by atoms with E-state index in [2.05, 4.69) is 43.1 Å². The minimum Gasteiger partial charge on any atom is -0.354 e. The smallest absolute Gasteiger partial charge is 0.128 e. The van der Waals surface area contributed by atoms with Gasteiger partial charge in [0, 0.05) is 24.8 Å². The first-order valence-corrected chi connectivity index (χ1v) is 8.72. The maximum atomic E-state index is 4.74. The van der Waals surface area contributed by atoms with Crippen molar-refractivity contribution in [3.05, 3.63) is 23.9 Å². The molecule has 2 rings (SSSR count). The van der Waals surface area contributed by atoms with Crippen molar-refractivity contribution < 1.29 is 0 Å². The van der Waals surface area contributed by atoms with Gasteiger partial charge in [-0.15, -0.1) is 0 Å². The molecule has 1 heterocycles. The average Bonchev–Trinajstić information content (AvgIpc) is 2.55. The molecule has 3 heteroatoms. The van der Waals surface area contributed by atoms with Crippen LogP contribution in [0.2, 0.25) is 0 Å². The van der Waals surface area contributed by atoms with Crippen molar-refractivity contribution in [3.63, 3.8) is 0 Å². The summed E-state index contributed by atoms with van der Waals surface area (Å²) in [5.41, 5.74) is 1.28. The van der Waals surface area contributed by atoms with Crippen LogP contribution in [0, 0.1) is 0 Å². The first-order valence-electron chi connectivity index (χ1n) is 8.72. The summed E-state index contributed by atoms with van der Waals surface area (Å²) in [5, 5.41) is 3.52. The van der Waals surface area contributed by atoms with Gasteiger partial charge in [0.25, 0.3) is 0 Å². The highest BCUT2D eigenvalue weighted by Gasteiger charge is 2.21. The molecule has 0 bridgehead atoms. The van der Waals surface area contributed by atoms with E-state index in [0.29, 0.717) is 12.1 Å². The summed E-state index contributed by atoms with van der Waals surface area (Å²) >= 11 is 0. The standard InChI is InChI=1S/C18H31N3/c1-4-13-19-15(3)16-11-12-18(20-14-16)21(5-2)17-9-7-6-8-10-17/h11-12,14-15,17,19H,4-10,13H2,1-3H3. The van der Waals surface area contributed by atoms with Gasteiger partial charge in [-0.05, 0) is 51.3 Å². The number of rotatable bonds is 7. The summed E-state index contributed by atoms with van der Waals surface area (Å²) in [6, 6.07) is 5.52. The maximum Gasteiger partial charge on any atom is 0.128 e. The minimum atomic E-state index is 0.385. The first kappa shape index (κ1) is 16.3. The predicted molar refractivity (Wildman–Crippen MR) is 90.8 cm³/mol. The molecule has 1 saturated carbocycles. The van der Waals surface area contributed by atoms with Crippen molar-refractivity contribution in [2.45, 2.75) is 71.4 Å². The number of aromatic nitrogens is 1. The molecule has 1 aromatic rings. The van der Waals surface area contributed by atoms with Crippen molar-refractivity contribution in [1.82, 2.24) is 10.3 Å². The lowest BCUT2D eigenvalue weighted by Gasteiger charge is -2.34. The van der Waals surface area contributed by atoms with Crippen LogP contribution >= 0.6 is 0 Å². The molecule has 0 spiro atoms. The van der Waals surface area contributed by atoms with Gasteiger partial charge in [-0.3, -0.25) is 0 Å². The van der Waals surface area contributed by atoms with Gasteiger partial charge in [-0.1, -0.05) is 32.3 Å². The van der Waals surface area contributed by atoms with Crippen LogP contribution in [-0.4, -0.2) is 24.1 Å². The molecule has 1 aliphatic carbocycles. The minimum absolute atomic E-state index is 0.385. The fraction of sp³-hybridized carbons (Fsp3) is 0.722. The van der Waals surface area contributed by atoms with Gasteiger partial charge in [0.05, 0.1) is 0 Å². The van der Waals surface area contributed by atoms with E-state index in [1.54, 1.807) is 0 Å². The number of pyridine rings is 1. The van der Waals surface area contributed by atoms with Crippen molar-refractivity contribution in [1.29, 1.82) is 0 Å². The topological polar surface area (TPSA) is 28.2 Å². The molecule has 0 aliphatic heterocycles. The van der Waals surface area contributed by atoms with Crippen molar-refractivity contribution in [2.24, 2.45) is 0 Å². The third-order valence-corrected chi connectivity index (χ3v) is 4.62. The third-order valence-electron chi connectivity index (χ3n) is 4.62. The fourth-order valence-corrected chi connectivity index (χ4v) is 3.30. The molecular weight excluding hydrogens is 258 g/mol. The molecule has 0 aromatic carbocycles. The highest BCUT2D eigenvalue weighted by Crippen LogP contribution is 2.26. The molecule has 1 aromatic heterocycles. The van der Waals surface area contributed by atoms with E-state index in [9.17, 15) is 0 Å². The van der Waals surface area contributed by atoms with Crippen LogP contribution in [-0.2, 0) is 0 Å². The Morgan fingerprint density at radius 2 is 2.00 bits per heavy atom. The van der Waals surface area contributed by atoms with Gasteiger partial charge >= 0.3 is 0 Å². The van der Waals surface area contributed by atoms with E-state index >= 15 is 0 Å². The van der Waals surface area contributed by atoms with Gasteiger partial charge in [-0.25, -0.2) is 4.98 Å². The van der Waals surface area contributed by atoms with Gasteiger partial charge in [-0.2, -0.15) is 0 Å². The lowest BCUT2D eigenvalue weighted by atomic mass is 9.94. The van der Waals surface area contributed by atoms with Crippen LogP contribution in [0.5, 0.6) is 0 Å². The first-order chi connectivity index (χ1) is 10.3. The molecule has 1 aliphatic rings. The molecule has 21 heavy (non-hydrogen) atoms. The number of anilines is 1. The lowest BCUT2D eigenvalue weighted by molar-refractivity contribution is 0.416. The van der Waals surface area contributed by atoms with Gasteiger partial charge < -0.3 is 10.2 Å². The van der Waals surface area contributed by atoms with E-state index in [4.69, 9.17) is 4.98 Å². The van der Waals surface area contributed by atoms with E-state index in [1.165, 1.54) is 44.1 Å². The van der Waals surface area contributed by atoms with Crippen LogP contribution in [0.25, 0.3) is 0 Å². The zero-order valence-electron chi connectivity index (χ0n) is 13.9. The largest absolute Gasteiger partial charge is 0.354 e. The van der Waals surface area contributed by atoms with Crippen LogP contribution < -0.4 is 10.2 Å². The Bertz CT molecular complexity index is 395. The molecule has 3 nitrogen and oxygen atoms in total. The number of nitrogens with zero attached hydrogens (tertiary/aromatic N) is 2. The van der Waals surface area contributed by atoms with E-state index < -0.39 is 0 Å². The summed E-state index contributed by atoms with van der Waals surface area (Å²) in [7, 11) is 0. The zero-order chi connectivity index (χ0) is 15.1. The fourth-order valence-electron chi connectivity index (χ4n) is 3.30.